The van der Waals surface area contributed by atoms with E-state index in [-0.39, 0.29) is 0 Å². The van der Waals surface area contributed by atoms with Crippen LogP contribution in [0.15, 0.2) is 27.6 Å². The minimum absolute atomic E-state index is 0.376. The minimum Gasteiger partial charge on any atom is -0.329 e. The van der Waals surface area contributed by atoms with Gasteiger partial charge in [-0.25, -0.2) is 0 Å². The molecule has 1 aliphatic rings. The lowest BCUT2D eigenvalue weighted by Crippen LogP contribution is -2.36. The average Bonchev–Trinajstić information content (AvgIpc) is 2.69. The van der Waals surface area contributed by atoms with Crippen LogP contribution in [0.5, 0.6) is 0 Å². The highest BCUT2D eigenvalue weighted by atomic mass is 79.9. The normalized spacial score (nSPS) is 19.6. The second-order valence-electron chi connectivity index (χ2n) is 4.21. The molecule has 1 atom stereocenters. The Morgan fingerprint density at radius 2 is 2.44 bits per heavy atom. The molecule has 4 heteroatoms. The van der Waals surface area contributed by atoms with Crippen LogP contribution in [-0.2, 0) is 0 Å². The molecule has 0 fully saturated rings. The quantitative estimate of drug-likeness (QED) is 0.869. The molecule has 1 aromatic heterocycles. The lowest BCUT2D eigenvalue weighted by atomic mass is 10.1. The largest absolute Gasteiger partial charge is 0.329 e. The monoisotopic (exact) mass is 300 g/mol. The summed E-state index contributed by atoms with van der Waals surface area (Å²) in [7, 11) is 0. The number of nitrogens with zero attached hydrogens (tertiary/aromatic N) is 1. The predicted octanol–water partition coefficient (Wildman–Crippen LogP) is 3.16. The second-order valence-corrected chi connectivity index (χ2v) is 6.07. The van der Waals surface area contributed by atoms with E-state index in [9.17, 15) is 0 Å². The molecule has 1 aliphatic heterocycles. The molecule has 2 rings (SSSR count). The molecule has 2 nitrogen and oxygen atoms in total. The van der Waals surface area contributed by atoms with Crippen molar-refractivity contribution in [2.75, 3.05) is 19.6 Å². The third kappa shape index (κ3) is 2.74. The number of hydrogen-bond donors (Lipinski definition) is 1. The molecule has 1 aromatic rings. The average molecular weight is 301 g/mol. The van der Waals surface area contributed by atoms with Crippen molar-refractivity contribution in [3.63, 3.8) is 0 Å². The molecule has 88 valence electrons. The van der Waals surface area contributed by atoms with Crippen LogP contribution in [0.3, 0.4) is 0 Å². The fraction of sp³-hybridized carbons (Fsp3) is 0.500. The van der Waals surface area contributed by atoms with Gasteiger partial charge in [-0.15, -0.1) is 11.3 Å². The zero-order valence-electron chi connectivity index (χ0n) is 9.45. The summed E-state index contributed by atoms with van der Waals surface area (Å²) < 4.78 is 1.16. The first kappa shape index (κ1) is 12.3. The number of halogens is 1. The van der Waals surface area contributed by atoms with Gasteiger partial charge in [0.05, 0.1) is 6.04 Å². The third-order valence-electron chi connectivity index (χ3n) is 3.05. The SMILES string of the molecule is CC1=CCN(C(CN)c2cc(Br)cs2)CC1. The van der Waals surface area contributed by atoms with Crippen LogP contribution in [0.25, 0.3) is 0 Å². The fourth-order valence-corrected chi connectivity index (χ4v) is 3.61. The number of hydrogen-bond acceptors (Lipinski definition) is 3. The number of nitrogens with two attached hydrogens (primary N) is 1. The van der Waals surface area contributed by atoms with Crippen LogP contribution in [0.2, 0.25) is 0 Å². The van der Waals surface area contributed by atoms with E-state index in [1.54, 1.807) is 11.3 Å². The van der Waals surface area contributed by atoms with Crippen LogP contribution in [0, 0.1) is 0 Å². The van der Waals surface area contributed by atoms with Gasteiger partial charge in [0.1, 0.15) is 0 Å². The molecule has 0 aliphatic carbocycles. The highest BCUT2D eigenvalue weighted by Gasteiger charge is 2.21. The first-order chi connectivity index (χ1) is 7.70. The van der Waals surface area contributed by atoms with Crippen molar-refractivity contribution in [1.82, 2.24) is 4.90 Å². The Kier molecular flexibility index (Phi) is 4.19. The summed E-state index contributed by atoms with van der Waals surface area (Å²) in [6, 6.07) is 2.56. The van der Waals surface area contributed by atoms with Crippen molar-refractivity contribution in [2.45, 2.75) is 19.4 Å². The van der Waals surface area contributed by atoms with Gasteiger partial charge in [0, 0.05) is 34.4 Å². The maximum Gasteiger partial charge on any atom is 0.0567 e. The van der Waals surface area contributed by atoms with Crippen LogP contribution in [-0.4, -0.2) is 24.5 Å². The first-order valence-electron chi connectivity index (χ1n) is 5.54. The molecule has 0 bridgehead atoms. The van der Waals surface area contributed by atoms with Gasteiger partial charge >= 0.3 is 0 Å². The van der Waals surface area contributed by atoms with Crippen molar-refractivity contribution in [1.29, 1.82) is 0 Å². The second kappa shape index (κ2) is 5.45. The molecule has 0 spiro atoms. The molecule has 0 aromatic carbocycles. The molecule has 16 heavy (non-hydrogen) atoms. The van der Waals surface area contributed by atoms with E-state index in [0.717, 1.165) is 17.6 Å². The summed E-state index contributed by atoms with van der Waals surface area (Å²) in [5, 5.41) is 2.13. The van der Waals surface area contributed by atoms with Crippen LogP contribution < -0.4 is 5.73 Å². The maximum absolute atomic E-state index is 5.91. The number of rotatable bonds is 3. The molecule has 0 radical (unpaired) electrons. The van der Waals surface area contributed by atoms with Gasteiger partial charge in [-0.05, 0) is 35.3 Å². The predicted molar refractivity (Wildman–Crippen MR) is 73.8 cm³/mol. The lowest BCUT2D eigenvalue weighted by Gasteiger charge is -2.32. The van der Waals surface area contributed by atoms with Crippen LogP contribution >= 0.6 is 27.3 Å². The summed E-state index contributed by atoms with van der Waals surface area (Å²) in [5.41, 5.74) is 7.41. The zero-order chi connectivity index (χ0) is 11.5. The lowest BCUT2D eigenvalue weighted by molar-refractivity contribution is 0.220. The molecular weight excluding hydrogens is 284 g/mol. The Labute approximate surface area is 109 Å². The summed E-state index contributed by atoms with van der Waals surface area (Å²) in [6.07, 6.45) is 3.48. The summed E-state index contributed by atoms with van der Waals surface area (Å²) in [5.74, 6) is 0. The molecule has 2 N–H and O–H groups in total. The minimum atomic E-state index is 0.376. The topological polar surface area (TPSA) is 29.3 Å². The van der Waals surface area contributed by atoms with Crippen LogP contribution in [0.4, 0.5) is 0 Å². The highest BCUT2D eigenvalue weighted by molar-refractivity contribution is 9.10. The van der Waals surface area contributed by atoms with Gasteiger partial charge in [-0.2, -0.15) is 0 Å². The van der Waals surface area contributed by atoms with E-state index in [0.29, 0.717) is 12.6 Å². The van der Waals surface area contributed by atoms with Gasteiger partial charge < -0.3 is 5.73 Å². The molecule has 0 saturated heterocycles. The molecule has 1 unspecified atom stereocenters. The smallest absolute Gasteiger partial charge is 0.0567 e. The molecule has 0 saturated carbocycles. The van der Waals surface area contributed by atoms with Crippen molar-refractivity contribution in [3.05, 3.63) is 32.4 Å². The van der Waals surface area contributed by atoms with Gasteiger partial charge in [-0.3, -0.25) is 4.90 Å². The van der Waals surface area contributed by atoms with E-state index in [1.165, 1.54) is 16.9 Å². The van der Waals surface area contributed by atoms with Gasteiger partial charge in [0.15, 0.2) is 0 Å². The van der Waals surface area contributed by atoms with E-state index >= 15 is 0 Å². The number of thiophene rings is 1. The Morgan fingerprint density at radius 3 is 2.94 bits per heavy atom. The molecule has 0 amide bonds. The zero-order valence-corrected chi connectivity index (χ0v) is 11.9. The third-order valence-corrected chi connectivity index (χ3v) is 4.84. The fourth-order valence-electron chi connectivity index (χ4n) is 2.02. The Hall–Kier alpha value is -0.160. The van der Waals surface area contributed by atoms with E-state index < -0.39 is 0 Å². The van der Waals surface area contributed by atoms with Gasteiger partial charge in [-0.1, -0.05) is 11.6 Å². The summed E-state index contributed by atoms with van der Waals surface area (Å²) >= 11 is 5.29. The van der Waals surface area contributed by atoms with E-state index in [1.807, 2.05) is 0 Å². The first-order valence-corrected chi connectivity index (χ1v) is 7.21. The molecular formula is C12H17BrN2S. The van der Waals surface area contributed by atoms with Gasteiger partial charge in [0.2, 0.25) is 0 Å². The Balaban J connectivity index is 2.11. The van der Waals surface area contributed by atoms with Crippen molar-refractivity contribution in [3.8, 4) is 0 Å². The van der Waals surface area contributed by atoms with Gasteiger partial charge in [0.25, 0.3) is 0 Å². The Morgan fingerprint density at radius 1 is 1.62 bits per heavy atom. The maximum atomic E-state index is 5.91. The summed E-state index contributed by atoms with van der Waals surface area (Å²) in [6.45, 7) is 5.05. The van der Waals surface area contributed by atoms with Crippen molar-refractivity contribution < 1.29 is 0 Å². The standard InChI is InChI=1S/C12H17BrN2S/c1-9-2-4-15(5-3-9)11(7-14)12-6-10(13)8-16-12/h2,6,8,11H,3-5,7,14H2,1H3. The Bertz CT molecular complexity index is 386. The highest BCUT2D eigenvalue weighted by Crippen LogP contribution is 2.30. The molecule has 2 heterocycles. The van der Waals surface area contributed by atoms with Crippen molar-refractivity contribution >= 4 is 27.3 Å². The van der Waals surface area contributed by atoms with E-state index in [2.05, 4.69) is 45.3 Å². The van der Waals surface area contributed by atoms with Crippen LogP contribution in [0.1, 0.15) is 24.3 Å². The van der Waals surface area contributed by atoms with E-state index in [4.69, 9.17) is 5.73 Å². The summed E-state index contributed by atoms with van der Waals surface area (Å²) in [4.78, 5) is 3.83. The van der Waals surface area contributed by atoms with Crippen molar-refractivity contribution in [2.24, 2.45) is 5.73 Å².